The van der Waals surface area contributed by atoms with Crippen molar-refractivity contribution < 1.29 is 4.79 Å². The van der Waals surface area contributed by atoms with Gasteiger partial charge in [0, 0.05) is 10.8 Å². The number of fused-ring (bicyclic) bond motifs is 3. The van der Waals surface area contributed by atoms with E-state index in [2.05, 4.69) is 17.5 Å². The van der Waals surface area contributed by atoms with Crippen LogP contribution in [0.5, 0.6) is 0 Å². The smallest absolute Gasteiger partial charge is 0.147 e. The van der Waals surface area contributed by atoms with Gasteiger partial charge in [-0.1, -0.05) is 18.9 Å². The third kappa shape index (κ3) is 1.13. The summed E-state index contributed by atoms with van der Waals surface area (Å²) in [6.45, 7) is 0. The van der Waals surface area contributed by atoms with Crippen molar-refractivity contribution >= 4 is 17.1 Å². The Bertz CT molecular complexity index is 449. The van der Waals surface area contributed by atoms with Gasteiger partial charge < -0.3 is 0 Å². The lowest BCUT2D eigenvalue weighted by atomic mass is 9.75. The molecule has 1 heterocycles. The van der Waals surface area contributed by atoms with Crippen LogP contribution in [-0.2, 0) is 10.2 Å². The number of thiophene rings is 1. The Morgan fingerprint density at radius 1 is 1.24 bits per heavy atom. The van der Waals surface area contributed by atoms with Crippen LogP contribution in [0.1, 0.15) is 43.4 Å². The molecule has 4 atom stereocenters. The number of hydrogen-bond donors (Lipinski definition) is 0. The quantitative estimate of drug-likeness (QED) is 0.737. The summed E-state index contributed by atoms with van der Waals surface area (Å²) in [6, 6.07) is 4.33. The van der Waals surface area contributed by atoms with E-state index in [-0.39, 0.29) is 5.41 Å². The van der Waals surface area contributed by atoms with Gasteiger partial charge in [0.1, 0.15) is 5.78 Å². The Balaban J connectivity index is 1.86. The van der Waals surface area contributed by atoms with Crippen LogP contribution < -0.4 is 0 Å². The average Bonchev–Trinajstić information content (AvgIpc) is 3.06. The molecular formula is C15H18OS. The average molecular weight is 246 g/mol. The third-order valence-electron chi connectivity index (χ3n) is 5.54. The molecule has 0 unspecified atom stereocenters. The van der Waals surface area contributed by atoms with E-state index in [0.717, 1.165) is 12.3 Å². The molecule has 0 spiro atoms. The van der Waals surface area contributed by atoms with E-state index in [9.17, 15) is 4.79 Å². The van der Waals surface area contributed by atoms with Gasteiger partial charge in [-0.3, -0.25) is 4.79 Å². The predicted octanol–water partition coefficient (Wildman–Crippen LogP) is 3.79. The van der Waals surface area contributed by atoms with E-state index in [1.807, 2.05) is 11.3 Å². The van der Waals surface area contributed by atoms with Crippen LogP contribution in [0.3, 0.4) is 0 Å². The first-order valence-corrected chi connectivity index (χ1v) is 7.80. The van der Waals surface area contributed by atoms with Crippen LogP contribution in [0.15, 0.2) is 17.5 Å². The number of Topliss-reactive ketones (excluding diaryl/α,β-unsaturated/α-hetero) is 1. The molecule has 3 fully saturated rings. The lowest BCUT2D eigenvalue weighted by Crippen LogP contribution is -2.34. The Morgan fingerprint density at radius 2 is 2.18 bits per heavy atom. The summed E-state index contributed by atoms with van der Waals surface area (Å²) < 4.78 is 0. The van der Waals surface area contributed by atoms with Gasteiger partial charge in [-0.25, -0.2) is 0 Å². The van der Waals surface area contributed by atoms with Crippen LogP contribution in [0, 0.1) is 17.8 Å². The van der Waals surface area contributed by atoms with Crippen molar-refractivity contribution in [1.82, 2.24) is 0 Å². The van der Waals surface area contributed by atoms with Gasteiger partial charge in [-0.15, -0.1) is 11.3 Å². The highest BCUT2D eigenvalue weighted by Gasteiger charge is 2.63. The zero-order chi connectivity index (χ0) is 11.5. The molecule has 0 saturated heterocycles. The molecule has 17 heavy (non-hydrogen) atoms. The Morgan fingerprint density at radius 3 is 3.00 bits per heavy atom. The third-order valence-corrected chi connectivity index (χ3v) is 6.59. The molecule has 1 nitrogen and oxygen atoms in total. The summed E-state index contributed by atoms with van der Waals surface area (Å²) in [6.07, 6.45) is 7.46. The minimum Gasteiger partial charge on any atom is -0.298 e. The van der Waals surface area contributed by atoms with Gasteiger partial charge in [0.05, 0.1) is 5.41 Å². The molecule has 0 amide bonds. The Labute approximate surface area is 106 Å². The summed E-state index contributed by atoms with van der Waals surface area (Å²) in [5.41, 5.74) is -0.0378. The molecule has 0 aliphatic heterocycles. The van der Waals surface area contributed by atoms with Crippen molar-refractivity contribution in [1.29, 1.82) is 0 Å². The SMILES string of the molecule is O=C1[C@H]2CCC[C@H]2[C@@H]2CCC[C@]12c1cccs1. The summed E-state index contributed by atoms with van der Waals surface area (Å²) >= 11 is 1.81. The second-order valence-corrected chi connectivity index (χ2v) is 6.96. The van der Waals surface area contributed by atoms with Crippen molar-refractivity contribution in [2.45, 2.75) is 43.9 Å². The molecular weight excluding hydrogens is 228 g/mol. The Hall–Kier alpha value is -0.630. The molecule has 3 saturated carbocycles. The van der Waals surface area contributed by atoms with Gasteiger partial charge in [0.2, 0.25) is 0 Å². The fourth-order valence-electron chi connectivity index (χ4n) is 5.00. The van der Waals surface area contributed by atoms with Gasteiger partial charge >= 0.3 is 0 Å². The lowest BCUT2D eigenvalue weighted by molar-refractivity contribution is -0.125. The second-order valence-electron chi connectivity index (χ2n) is 6.01. The first-order chi connectivity index (χ1) is 8.34. The number of carbonyl (C=O) groups excluding carboxylic acids is 1. The maximum absolute atomic E-state index is 12.9. The second kappa shape index (κ2) is 3.44. The van der Waals surface area contributed by atoms with Gasteiger partial charge in [-0.2, -0.15) is 0 Å². The number of ketones is 1. The Kier molecular flexibility index (Phi) is 2.09. The van der Waals surface area contributed by atoms with Crippen LogP contribution >= 0.6 is 11.3 Å². The first kappa shape index (κ1) is 10.3. The molecule has 4 rings (SSSR count). The topological polar surface area (TPSA) is 17.1 Å². The number of hydrogen-bond acceptors (Lipinski definition) is 2. The molecule has 1 aromatic rings. The first-order valence-electron chi connectivity index (χ1n) is 6.92. The fourth-order valence-corrected chi connectivity index (χ4v) is 6.03. The van der Waals surface area contributed by atoms with Crippen molar-refractivity contribution in [2.75, 3.05) is 0 Å². The van der Waals surface area contributed by atoms with Crippen molar-refractivity contribution in [3.8, 4) is 0 Å². The summed E-state index contributed by atoms with van der Waals surface area (Å²) in [5, 5.41) is 2.14. The summed E-state index contributed by atoms with van der Waals surface area (Å²) in [5.74, 6) is 2.45. The zero-order valence-electron chi connectivity index (χ0n) is 10.0. The van der Waals surface area contributed by atoms with E-state index < -0.39 is 0 Å². The van der Waals surface area contributed by atoms with Crippen molar-refractivity contribution in [3.05, 3.63) is 22.4 Å². The molecule has 3 aliphatic carbocycles. The molecule has 0 bridgehead atoms. The molecule has 0 N–H and O–H groups in total. The summed E-state index contributed by atoms with van der Waals surface area (Å²) in [4.78, 5) is 14.3. The fraction of sp³-hybridized carbons (Fsp3) is 0.667. The van der Waals surface area contributed by atoms with E-state index in [1.54, 1.807) is 0 Å². The maximum Gasteiger partial charge on any atom is 0.147 e. The minimum atomic E-state index is -0.0378. The molecule has 2 heteroatoms. The standard InChI is InChI=1S/C15H18OS/c16-14-11-5-1-4-10(11)12-6-2-8-15(12,14)13-7-3-9-17-13/h3,7,9-12H,1-2,4-6,8H2/t10-,11+,12+,15+/m1/s1. The van der Waals surface area contributed by atoms with E-state index in [1.165, 1.54) is 37.0 Å². The zero-order valence-corrected chi connectivity index (χ0v) is 10.8. The highest BCUT2D eigenvalue weighted by molar-refractivity contribution is 7.10. The van der Waals surface area contributed by atoms with Crippen LogP contribution in [0.25, 0.3) is 0 Å². The van der Waals surface area contributed by atoms with Crippen LogP contribution in [0.2, 0.25) is 0 Å². The monoisotopic (exact) mass is 246 g/mol. The predicted molar refractivity (Wildman–Crippen MR) is 69.2 cm³/mol. The van der Waals surface area contributed by atoms with Gasteiger partial charge in [-0.05, 0) is 49.0 Å². The van der Waals surface area contributed by atoms with E-state index in [0.29, 0.717) is 17.6 Å². The number of carbonyl (C=O) groups is 1. The van der Waals surface area contributed by atoms with E-state index >= 15 is 0 Å². The highest BCUT2D eigenvalue weighted by Crippen LogP contribution is 2.62. The minimum absolute atomic E-state index is 0.0378. The normalized spacial score (nSPS) is 44.0. The van der Waals surface area contributed by atoms with Crippen LogP contribution in [-0.4, -0.2) is 5.78 Å². The summed E-state index contributed by atoms with van der Waals surface area (Å²) in [7, 11) is 0. The molecule has 0 aromatic carbocycles. The largest absolute Gasteiger partial charge is 0.298 e. The lowest BCUT2D eigenvalue weighted by Gasteiger charge is -2.28. The number of rotatable bonds is 1. The molecule has 90 valence electrons. The van der Waals surface area contributed by atoms with E-state index in [4.69, 9.17) is 0 Å². The molecule has 0 radical (unpaired) electrons. The molecule has 3 aliphatic rings. The maximum atomic E-state index is 12.9. The van der Waals surface area contributed by atoms with Gasteiger partial charge in [0.15, 0.2) is 0 Å². The van der Waals surface area contributed by atoms with Crippen LogP contribution in [0.4, 0.5) is 0 Å². The van der Waals surface area contributed by atoms with Gasteiger partial charge in [0.25, 0.3) is 0 Å². The highest BCUT2D eigenvalue weighted by atomic mass is 32.1. The van der Waals surface area contributed by atoms with Crippen molar-refractivity contribution in [2.24, 2.45) is 17.8 Å². The van der Waals surface area contributed by atoms with Crippen molar-refractivity contribution in [3.63, 3.8) is 0 Å². The molecule has 1 aromatic heterocycles.